The molecule has 116 valence electrons. The maximum atomic E-state index is 12.8. The van der Waals surface area contributed by atoms with Crippen LogP contribution in [0.4, 0.5) is 13.2 Å². The quantitative estimate of drug-likeness (QED) is 0.809. The summed E-state index contributed by atoms with van der Waals surface area (Å²) in [5.41, 5.74) is -0.773. The van der Waals surface area contributed by atoms with E-state index in [2.05, 4.69) is 4.74 Å². The Bertz CT molecular complexity index is 783. The summed E-state index contributed by atoms with van der Waals surface area (Å²) < 4.78 is 47.8. The van der Waals surface area contributed by atoms with E-state index in [0.29, 0.717) is 10.3 Å². The molecule has 1 unspecified atom stereocenters. The molecule has 5 nitrogen and oxygen atoms in total. The summed E-state index contributed by atoms with van der Waals surface area (Å²) in [5, 5.41) is 0.676. The van der Waals surface area contributed by atoms with Gasteiger partial charge in [-0.1, -0.05) is 18.2 Å². The van der Waals surface area contributed by atoms with Crippen LogP contribution in [0.2, 0.25) is 0 Å². The highest BCUT2D eigenvalue weighted by Gasteiger charge is 2.50. The number of amides is 1. The molecule has 3 rings (SSSR count). The van der Waals surface area contributed by atoms with Crippen LogP contribution in [0.15, 0.2) is 39.5 Å². The van der Waals surface area contributed by atoms with Gasteiger partial charge >= 0.3 is 11.8 Å². The van der Waals surface area contributed by atoms with E-state index < -0.39 is 29.7 Å². The molecule has 1 fully saturated rings. The van der Waals surface area contributed by atoms with Gasteiger partial charge in [-0.3, -0.25) is 4.79 Å². The van der Waals surface area contributed by atoms with Crippen LogP contribution < -0.4 is 5.63 Å². The van der Waals surface area contributed by atoms with E-state index in [1.54, 1.807) is 18.2 Å². The zero-order chi connectivity index (χ0) is 15.9. The Labute approximate surface area is 121 Å². The molecule has 0 radical (unpaired) electrons. The summed E-state index contributed by atoms with van der Waals surface area (Å²) in [4.78, 5) is 24.5. The van der Waals surface area contributed by atoms with E-state index in [9.17, 15) is 22.8 Å². The third kappa shape index (κ3) is 2.45. The fourth-order valence-corrected chi connectivity index (χ4v) is 2.33. The van der Waals surface area contributed by atoms with Crippen LogP contribution in [0.3, 0.4) is 0 Å². The number of alkyl halides is 3. The molecule has 2 aromatic rings. The molecule has 0 N–H and O–H groups in total. The lowest BCUT2D eigenvalue weighted by atomic mass is 10.1. The zero-order valence-corrected chi connectivity index (χ0v) is 11.1. The highest BCUT2D eigenvalue weighted by molar-refractivity contribution is 5.95. The number of fused-ring (bicyclic) bond motifs is 1. The average molecular weight is 313 g/mol. The topological polar surface area (TPSA) is 59.8 Å². The Morgan fingerprint density at radius 3 is 2.73 bits per heavy atom. The normalized spacial score (nSPS) is 18.9. The lowest BCUT2D eigenvalue weighted by Gasteiger charge is -2.24. The van der Waals surface area contributed by atoms with E-state index in [0.717, 1.165) is 0 Å². The molecule has 2 heterocycles. The summed E-state index contributed by atoms with van der Waals surface area (Å²) in [5.74, 6) is -1.47. The van der Waals surface area contributed by atoms with Gasteiger partial charge in [0.15, 0.2) is 5.76 Å². The van der Waals surface area contributed by atoms with Crippen molar-refractivity contribution in [1.82, 2.24) is 4.90 Å². The van der Waals surface area contributed by atoms with Crippen molar-refractivity contribution < 1.29 is 27.1 Å². The highest BCUT2D eigenvalue weighted by Crippen LogP contribution is 2.30. The first-order valence-corrected chi connectivity index (χ1v) is 6.40. The smallest absolute Gasteiger partial charge is 0.417 e. The van der Waals surface area contributed by atoms with Gasteiger partial charge in [-0.15, -0.1) is 0 Å². The van der Waals surface area contributed by atoms with Crippen LogP contribution >= 0.6 is 0 Å². The zero-order valence-electron chi connectivity index (χ0n) is 11.1. The maximum Gasteiger partial charge on any atom is 0.433 e. The molecule has 1 atom stereocenters. The van der Waals surface area contributed by atoms with Crippen molar-refractivity contribution >= 4 is 16.7 Å². The molecule has 0 saturated carbocycles. The molecule has 1 saturated heterocycles. The van der Waals surface area contributed by atoms with Crippen LogP contribution in [-0.4, -0.2) is 36.4 Å². The standard InChI is InChI=1S/C14H10F3NO4/c15-14(16,17)13-18(5-6-21-13)11(19)10-7-8-3-1-2-4-9(8)12(20)22-10/h1-4,7,13H,5-6H2. The number of carbonyl (C=O) groups excluding carboxylic acids is 1. The number of rotatable bonds is 1. The van der Waals surface area contributed by atoms with E-state index in [1.807, 2.05) is 0 Å². The van der Waals surface area contributed by atoms with Crippen LogP contribution in [0.1, 0.15) is 10.6 Å². The molecule has 8 heteroatoms. The predicted octanol–water partition coefficient (Wildman–Crippen LogP) is 2.15. The van der Waals surface area contributed by atoms with Gasteiger partial charge in [0.1, 0.15) is 0 Å². The number of halogens is 3. The Kier molecular flexibility index (Phi) is 3.40. The van der Waals surface area contributed by atoms with Crippen molar-refractivity contribution in [3.8, 4) is 0 Å². The fraction of sp³-hybridized carbons (Fsp3) is 0.286. The summed E-state index contributed by atoms with van der Waals surface area (Å²) in [7, 11) is 0. The van der Waals surface area contributed by atoms with Crippen molar-refractivity contribution in [2.45, 2.75) is 12.4 Å². The second kappa shape index (κ2) is 5.13. The second-order valence-corrected chi connectivity index (χ2v) is 4.75. The monoisotopic (exact) mass is 313 g/mol. The molecule has 0 spiro atoms. The Morgan fingerprint density at radius 2 is 2.00 bits per heavy atom. The molecule has 22 heavy (non-hydrogen) atoms. The van der Waals surface area contributed by atoms with Gasteiger partial charge in [0.25, 0.3) is 5.91 Å². The maximum absolute atomic E-state index is 12.8. The summed E-state index contributed by atoms with van der Waals surface area (Å²) in [6, 6.07) is 7.60. The minimum absolute atomic E-state index is 0.223. The van der Waals surface area contributed by atoms with Crippen LogP contribution in [0, 0.1) is 0 Å². The number of ether oxygens (including phenoxy) is 1. The van der Waals surface area contributed by atoms with Crippen LogP contribution in [0.25, 0.3) is 10.8 Å². The molecule has 0 aliphatic carbocycles. The van der Waals surface area contributed by atoms with E-state index in [-0.39, 0.29) is 18.5 Å². The van der Waals surface area contributed by atoms with E-state index in [1.165, 1.54) is 12.1 Å². The van der Waals surface area contributed by atoms with Crippen molar-refractivity contribution in [3.63, 3.8) is 0 Å². The van der Waals surface area contributed by atoms with Crippen LogP contribution in [0.5, 0.6) is 0 Å². The SMILES string of the molecule is O=C(c1cc2ccccc2c(=O)o1)N1CCOC1C(F)(F)F. The van der Waals surface area contributed by atoms with Crippen LogP contribution in [-0.2, 0) is 4.74 Å². The number of benzene rings is 1. The first kappa shape index (κ1) is 14.6. The third-order valence-electron chi connectivity index (χ3n) is 3.31. The van der Waals surface area contributed by atoms with Gasteiger partial charge in [0.2, 0.25) is 6.23 Å². The molecule has 1 amide bonds. The third-order valence-corrected chi connectivity index (χ3v) is 3.31. The average Bonchev–Trinajstić information content (AvgIpc) is 2.96. The van der Waals surface area contributed by atoms with Gasteiger partial charge in [0.05, 0.1) is 12.0 Å². The van der Waals surface area contributed by atoms with Gasteiger partial charge in [-0.2, -0.15) is 13.2 Å². The molecule has 1 aromatic heterocycles. The summed E-state index contributed by atoms with van der Waals surface area (Å²) in [6.07, 6.45) is -7.03. The van der Waals surface area contributed by atoms with Crippen molar-refractivity contribution in [2.75, 3.05) is 13.2 Å². The Morgan fingerprint density at radius 1 is 1.27 bits per heavy atom. The van der Waals surface area contributed by atoms with Gasteiger partial charge in [0, 0.05) is 6.54 Å². The predicted molar refractivity (Wildman–Crippen MR) is 69.3 cm³/mol. The number of nitrogens with zero attached hydrogens (tertiary/aromatic N) is 1. The molecule has 0 bridgehead atoms. The van der Waals surface area contributed by atoms with Gasteiger partial charge in [-0.05, 0) is 17.5 Å². The van der Waals surface area contributed by atoms with Crippen molar-refractivity contribution in [2.24, 2.45) is 0 Å². The van der Waals surface area contributed by atoms with Gasteiger partial charge in [-0.25, -0.2) is 4.79 Å². The fourth-order valence-electron chi connectivity index (χ4n) is 2.33. The highest BCUT2D eigenvalue weighted by atomic mass is 19.4. The summed E-state index contributed by atoms with van der Waals surface area (Å²) in [6.45, 7) is -0.451. The van der Waals surface area contributed by atoms with E-state index in [4.69, 9.17) is 4.42 Å². The number of carbonyl (C=O) groups is 1. The first-order valence-electron chi connectivity index (χ1n) is 6.40. The molecule has 1 aliphatic rings. The second-order valence-electron chi connectivity index (χ2n) is 4.75. The number of hydrogen-bond acceptors (Lipinski definition) is 4. The number of hydrogen-bond donors (Lipinski definition) is 0. The Balaban J connectivity index is 2.00. The molecular weight excluding hydrogens is 303 g/mol. The van der Waals surface area contributed by atoms with Crippen molar-refractivity contribution in [3.05, 3.63) is 46.5 Å². The minimum atomic E-state index is -4.71. The lowest BCUT2D eigenvalue weighted by molar-refractivity contribution is -0.232. The Hall–Kier alpha value is -2.35. The molecule has 1 aromatic carbocycles. The molecule has 1 aliphatic heterocycles. The molecular formula is C14H10F3NO4. The van der Waals surface area contributed by atoms with Crippen molar-refractivity contribution in [1.29, 1.82) is 0 Å². The van der Waals surface area contributed by atoms with Gasteiger partial charge < -0.3 is 14.1 Å². The minimum Gasteiger partial charge on any atom is -0.417 e. The summed E-state index contributed by atoms with van der Waals surface area (Å²) >= 11 is 0. The largest absolute Gasteiger partial charge is 0.433 e. The first-order chi connectivity index (χ1) is 10.4. The van der Waals surface area contributed by atoms with E-state index >= 15 is 0 Å². The lowest BCUT2D eigenvalue weighted by Crippen LogP contribution is -2.45.